The topological polar surface area (TPSA) is 104 Å². The molecule has 2 heterocycles. The van der Waals surface area contributed by atoms with Gasteiger partial charge in [-0.3, -0.25) is 4.79 Å². The minimum absolute atomic E-state index is 0.0317. The fourth-order valence-electron chi connectivity index (χ4n) is 4.81. The number of aromatic nitrogens is 2. The molecule has 0 spiro atoms. The highest BCUT2D eigenvalue weighted by molar-refractivity contribution is 7.89. The van der Waals surface area contributed by atoms with Gasteiger partial charge in [0.15, 0.2) is 0 Å². The summed E-state index contributed by atoms with van der Waals surface area (Å²) in [6, 6.07) is 14.0. The molecule has 1 aliphatic carbocycles. The maximum atomic E-state index is 13.0. The van der Waals surface area contributed by atoms with Crippen molar-refractivity contribution >= 4 is 33.3 Å². The molecule has 36 heavy (non-hydrogen) atoms. The molecule has 1 saturated carbocycles. The second-order valence-electron chi connectivity index (χ2n) is 9.26. The summed E-state index contributed by atoms with van der Waals surface area (Å²) in [4.78, 5) is 23.4. The molecule has 3 aromatic rings. The fourth-order valence-corrected chi connectivity index (χ4v) is 6.20. The lowest BCUT2D eigenvalue weighted by atomic mass is 9.83. The number of hydrogen-bond acceptors (Lipinski definition) is 6. The summed E-state index contributed by atoms with van der Waals surface area (Å²) >= 11 is 0. The summed E-state index contributed by atoms with van der Waals surface area (Å²) in [6.45, 7) is 0. The number of carbonyl (C=O) groups is 1. The summed E-state index contributed by atoms with van der Waals surface area (Å²) in [7, 11) is -2.01. The maximum absolute atomic E-state index is 13.0. The first-order chi connectivity index (χ1) is 17.3. The molecule has 1 amide bonds. The number of carbonyl (C=O) groups excluding carboxylic acids is 1. The summed E-state index contributed by atoms with van der Waals surface area (Å²) in [5, 5.41) is 3.14. The first-order valence-electron chi connectivity index (χ1n) is 11.9. The molecule has 0 saturated heterocycles. The molecular formula is C27H27N5O3S. The molecule has 8 nitrogen and oxygen atoms in total. The van der Waals surface area contributed by atoms with Crippen molar-refractivity contribution in [2.75, 3.05) is 17.3 Å². The van der Waals surface area contributed by atoms with Crippen molar-refractivity contribution in [1.82, 2.24) is 14.7 Å². The van der Waals surface area contributed by atoms with Gasteiger partial charge in [-0.05, 0) is 43.2 Å². The van der Waals surface area contributed by atoms with E-state index in [-0.39, 0.29) is 17.2 Å². The van der Waals surface area contributed by atoms with Crippen LogP contribution in [0.1, 0.15) is 37.7 Å². The third-order valence-corrected chi connectivity index (χ3v) is 8.39. The number of fused-ring (bicyclic) bond motifs is 3. The Labute approximate surface area is 211 Å². The van der Waals surface area contributed by atoms with Crippen LogP contribution < -0.4 is 14.9 Å². The molecule has 5 rings (SSSR count). The Morgan fingerprint density at radius 1 is 1.06 bits per heavy atom. The molecule has 9 heteroatoms. The number of amides is 1. The molecule has 0 bridgehead atoms. The molecule has 2 N–H and O–H groups in total. The van der Waals surface area contributed by atoms with Crippen LogP contribution in [0.15, 0.2) is 59.6 Å². The van der Waals surface area contributed by atoms with Gasteiger partial charge in [-0.2, -0.15) is 4.72 Å². The Hall–Kier alpha value is -3.74. The molecule has 1 aliphatic heterocycles. The molecule has 0 atom stereocenters. The van der Waals surface area contributed by atoms with Crippen molar-refractivity contribution in [3.63, 3.8) is 0 Å². The van der Waals surface area contributed by atoms with Crippen molar-refractivity contribution in [3.8, 4) is 23.6 Å². The van der Waals surface area contributed by atoms with Crippen LogP contribution in [-0.2, 0) is 21.2 Å². The van der Waals surface area contributed by atoms with Gasteiger partial charge in [-0.15, -0.1) is 6.42 Å². The van der Waals surface area contributed by atoms with E-state index in [2.05, 4.69) is 20.9 Å². The third kappa shape index (κ3) is 4.57. The molecule has 2 aromatic carbocycles. The Balaban J connectivity index is 1.38. The zero-order valence-electron chi connectivity index (χ0n) is 20.0. The molecule has 0 unspecified atom stereocenters. The van der Waals surface area contributed by atoms with Crippen molar-refractivity contribution < 1.29 is 13.2 Å². The lowest BCUT2D eigenvalue weighted by Crippen LogP contribution is -2.48. The van der Waals surface area contributed by atoms with Gasteiger partial charge < -0.3 is 10.2 Å². The number of terminal acetylenes is 1. The van der Waals surface area contributed by atoms with Gasteiger partial charge in [0.1, 0.15) is 0 Å². The Morgan fingerprint density at radius 3 is 2.50 bits per heavy atom. The average Bonchev–Trinajstić information content (AvgIpc) is 2.99. The number of para-hydroxylation sites is 1. The zero-order chi connectivity index (χ0) is 25.3. The van der Waals surface area contributed by atoms with Gasteiger partial charge in [0, 0.05) is 30.1 Å². The van der Waals surface area contributed by atoms with E-state index in [1.165, 1.54) is 12.1 Å². The van der Waals surface area contributed by atoms with Crippen LogP contribution in [0.2, 0.25) is 0 Å². The van der Waals surface area contributed by atoms with Crippen molar-refractivity contribution in [2.45, 2.75) is 49.0 Å². The summed E-state index contributed by atoms with van der Waals surface area (Å²) in [5.41, 5.74) is 2.89. The van der Waals surface area contributed by atoms with Gasteiger partial charge >= 0.3 is 0 Å². The highest BCUT2D eigenvalue weighted by Gasteiger charge is 2.34. The SMILES string of the molecule is C#CC1(NS(=O)(=O)c2ccc(Nc3ncc4c(n3)-c3ccccc3N(C)C(=O)C4)cc2)CCCCC1. The molecule has 0 radical (unpaired) electrons. The molecule has 1 aromatic heterocycles. The van der Waals surface area contributed by atoms with Crippen LogP contribution in [0.5, 0.6) is 0 Å². The van der Waals surface area contributed by atoms with Crippen LogP contribution in [0.25, 0.3) is 11.3 Å². The van der Waals surface area contributed by atoms with Crippen LogP contribution in [0, 0.1) is 12.3 Å². The Bertz CT molecular complexity index is 1460. The number of hydrogen-bond donors (Lipinski definition) is 2. The highest BCUT2D eigenvalue weighted by Crippen LogP contribution is 2.35. The van der Waals surface area contributed by atoms with E-state index in [1.54, 1.807) is 30.3 Å². The predicted molar refractivity (Wildman–Crippen MR) is 139 cm³/mol. The van der Waals surface area contributed by atoms with Gasteiger partial charge in [-0.25, -0.2) is 18.4 Å². The Kier molecular flexibility index (Phi) is 6.24. The van der Waals surface area contributed by atoms with Gasteiger partial charge in [0.25, 0.3) is 0 Å². The normalized spacial score (nSPS) is 16.9. The fraction of sp³-hybridized carbons (Fsp3) is 0.296. The Morgan fingerprint density at radius 2 is 1.78 bits per heavy atom. The maximum Gasteiger partial charge on any atom is 0.241 e. The first kappa shape index (κ1) is 24.0. The minimum atomic E-state index is -3.77. The predicted octanol–water partition coefficient (Wildman–Crippen LogP) is 4.02. The van der Waals surface area contributed by atoms with Gasteiger partial charge in [0.2, 0.25) is 21.9 Å². The number of sulfonamides is 1. The highest BCUT2D eigenvalue weighted by atomic mass is 32.2. The minimum Gasteiger partial charge on any atom is -0.324 e. The lowest BCUT2D eigenvalue weighted by Gasteiger charge is -2.32. The van der Waals surface area contributed by atoms with E-state index in [4.69, 9.17) is 11.4 Å². The van der Waals surface area contributed by atoms with E-state index in [0.29, 0.717) is 30.2 Å². The lowest BCUT2D eigenvalue weighted by molar-refractivity contribution is -0.117. The molecule has 1 fully saturated rings. The second-order valence-corrected chi connectivity index (χ2v) is 10.9. The first-order valence-corrected chi connectivity index (χ1v) is 13.4. The van der Waals surface area contributed by atoms with Crippen LogP contribution in [-0.4, -0.2) is 36.9 Å². The quantitative estimate of drug-likeness (QED) is 0.512. The van der Waals surface area contributed by atoms with E-state index in [1.807, 2.05) is 24.3 Å². The summed E-state index contributed by atoms with van der Waals surface area (Å²) < 4.78 is 28.8. The van der Waals surface area contributed by atoms with E-state index in [9.17, 15) is 13.2 Å². The number of nitrogens with one attached hydrogen (secondary N) is 2. The van der Waals surface area contributed by atoms with Crippen LogP contribution in [0.4, 0.5) is 17.3 Å². The monoisotopic (exact) mass is 501 g/mol. The summed E-state index contributed by atoms with van der Waals surface area (Å²) in [6.07, 6.45) is 11.7. The second kappa shape index (κ2) is 9.37. The van der Waals surface area contributed by atoms with E-state index < -0.39 is 15.6 Å². The average molecular weight is 502 g/mol. The zero-order valence-corrected chi connectivity index (χ0v) is 20.8. The van der Waals surface area contributed by atoms with Crippen molar-refractivity contribution in [1.29, 1.82) is 0 Å². The molecule has 184 valence electrons. The smallest absolute Gasteiger partial charge is 0.241 e. The van der Waals surface area contributed by atoms with E-state index >= 15 is 0 Å². The van der Waals surface area contributed by atoms with Crippen molar-refractivity contribution in [3.05, 3.63) is 60.3 Å². The summed E-state index contributed by atoms with van der Waals surface area (Å²) in [5.74, 6) is 3.00. The number of rotatable bonds is 5. The van der Waals surface area contributed by atoms with Gasteiger partial charge in [0.05, 0.1) is 28.2 Å². The van der Waals surface area contributed by atoms with Crippen LogP contribution in [0.3, 0.4) is 0 Å². The number of likely N-dealkylation sites (N-methyl/N-ethyl adjacent to an activating group) is 1. The number of nitrogens with zero attached hydrogens (tertiary/aromatic N) is 3. The largest absolute Gasteiger partial charge is 0.324 e. The van der Waals surface area contributed by atoms with Gasteiger partial charge in [-0.1, -0.05) is 43.4 Å². The van der Waals surface area contributed by atoms with Crippen molar-refractivity contribution in [2.24, 2.45) is 0 Å². The molecule has 2 aliphatic rings. The number of benzene rings is 2. The molecular weight excluding hydrogens is 474 g/mol. The number of anilines is 3. The third-order valence-electron chi connectivity index (χ3n) is 6.83. The van der Waals surface area contributed by atoms with E-state index in [0.717, 1.165) is 36.1 Å². The van der Waals surface area contributed by atoms with Crippen LogP contribution >= 0.6 is 0 Å². The standard InChI is InChI=1S/C27H27N5O3S/c1-3-27(15-7-4-8-16-27)31-36(34,35)21-13-11-20(12-14-21)29-26-28-18-19-17-24(33)32(2)23-10-6-5-9-22(23)25(19)30-26/h1,5-6,9-14,18,31H,4,7-8,15-17H2,2H3,(H,28,29,30).